The van der Waals surface area contributed by atoms with Crippen LogP contribution in [0.1, 0.15) is 45.8 Å². The van der Waals surface area contributed by atoms with Crippen LogP contribution in [0.3, 0.4) is 0 Å². The standard InChI is InChI=1S/C17H27NO3/c1-16(2)10-15(17(3,4)21-16)18-11-14(19)12-7-6-8-13(9-12)20-5/h6-9,14-15,18-19H,10-11H2,1-5H3/t14-,15-/m0/s1. The van der Waals surface area contributed by atoms with Crippen LogP contribution >= 0.6 is 0 Å². The number of nitrogens with one attached hydrogen (secondary N) is 1. The maximum atomic E-state index is 10.3. The van der Waals surface area contributed by atoms with Crippen molar-refractivity contribution in [3.05, 3.63) is 29.8 Å². The first-order valence-electron chi connectivity index (χ1n) is 7.49. The number of aliphatic hydroxyl groups excluding tert-OH is 1. The molecule has 1 aromatic carbocycles. The second-order valence-corrected chi connectivity index (χ2v) is 6.92. The maximum Gasteiger partial charge on any atom is 0.119 e. The van der Waals surface area contributed by atoms with E-state index in [1.807, 2.05) is 24.3 Å². The number of methoxy groups -OCH3 is 1. The van der Waals surface area contributed by atoms with E-state index in [2.05, 4.69) is 33.0 Å². The van der Waals surface area contributed by atoms with Crippen LogP contribution in [0, 0.1) is 0 Å². The topological polar surface area (TPSA) is 50.7 Å². The summed E-state index contributed by atoms with van der Waals surface area (Å²) in [5.41, 5.74) is 0.512. The monoisotopic (exact) mass is 293 g/mol. The molecule has 0 aliphatic carbocycles. The molecule has 2 N–H and O–H groups in total. The van der Waals surface area contributed by atoms with Crippen molar-refractivity contribution < 1.29 is 14.6 Å². The minimum absolute atomic E-state index is 0.123. The van der Waals surface area contributed by atoms with Gasteiger partial charge < -0.3 is 19.9 Å². The van der Waals surface area contributed by atoms with Gasteiger partial charge in [0.05, 0.1) is 24.4 Å². The molecule has 4 heteroatoms. The van der Waals surface area contributed by atoms with Gasteiger partial charge in [0.2, 0.25) is 0 Å². The van der Waals surface area contributed by atoms with Crippen molar-refractivity contribution in [3.8, 4) is 5.75 Å². The van der Waals surface area contributed by atoms with Crippen molar-refractivity contribution in [3.63, 3.8) is 0 Å². The summed E-state index contributed by atoms with van der Waals surface area (Å²) in [6.07, 6.45) is 0.379. The van der Waals surface area contributed by atoms with Crippen LogP contribution in [0.15, 0.2) is 24.3 Å². The third kappa shape index (κ3) is 3.96. The molecule has 1 aliphatic rings. The summed E-state index contributed by atoms with van der Waals surface area (Å²) < 4.78 is 11.3. The Balaban J connectivity index is 1.96. The summed E-state index contributed by atoms with van der Waals surface area (Å²) in [5, 5.41) is 13.8. The number of rotatable bonds is 5. The second kappa shape index (κ2) is 5.95. The van der Waals surface area contributed by atoms with Crippen molar-refractivity contribution in [2.45, 2.75) is 57.5 Å². The molecule has 0 bridgehead atoms. The van der Waals surface area contributed by atoms with E-state index >= 15 is 0 Å². The summed E-state index contributed by atoms with van der Waals surface area (Å²) >= 11 is 0. The largest absolute Gasteiger partial charge is 0.497 e. The Morgan fingerprint density at radius 3 is 2.67 bits per heavy atom. The molecule has 0 amide bonds. The Hall–Kier alpha value is -1.10. The van der Waals surface area contributed by atoms with E-state index in [9.17, 15) is 5.11 Å². The summed E-state index contributed by atoms with van der Waals surface area (Å²) in [5.74, 6) is 0.761. The van der Waals surface area contributed by atoms with Crippen molar-refractivity contribution in [1.29, 1.82) is 0 Å². The third-order valence-electron chi connectivity index (χ3n) is 4.11. The van der Waals surface area contributed by atoms with Gasteiger partial charge in [0, 0.05) is 12.6 Å². The molecular weight excluding hydrogens is 266 g/mol. The van der Waals surface area contributed by atoms with Gasteiger partial charge in [-0.25, -0.2) is 0 Å². The Kier molecular flexibility index (Phi) is 4.61. The normalized spacial score (nSPS) is 24.8. The minimum Gasteiger partial charge on any atom is -0.497 e. The zero-order chi connectivity index (χ0) is 15.7. The van der Waals surface area contributed by atoms with Gasteiger partial charge in [0.1, 0.15) is 5.75 Å². The average Bonchev–Trinajstić information content (AvgIpc) is 2.63. The molecule has 1 aliphatic heterocycles. The first kappa shape index (κ1) is 16.3. The minimum atomic E-state index is -0.556. The van der Waals surface area contributed by atoms with Crippen LogP contribution in [-0.2, 0) is 4.74 Å². The Morgan fingerprint density at radius 1 is 1.38 bits per heavy atom. The lowest BCUT2D eigenvalue weighted by Gasteiger charge is -2.28. The molecule has 0 unspecified atom stereocenters. The summed E-state index contributed by atoms with van der Waals surface area (Å²) in [6, 6.07) is 7.78. The number of hydrogen-bond acceptors (Lipinski definition) is 4. The predicted molar refractivity (Wildman–Crippen MR) is 83.6 cm³/mol. The summed E-state index contributed by atoms with van der Waals surface area (Å²) in [4.78, 5) is 0. The molecule has 1 fully saturated rings. The molecule has 0 saturated carbocycles. The van der Waals surface area contributed by atoms with Gasteiger partial charge in [-0.1, -0.05) is 12.1 Å². The van der Waals surface area contributed by atoms with Gasteiger partial charge in [-0.15, -0.1) is 0 Å². The number of hydrogen-bond donors (Lipinski definition) is 2. The van der Waals surface area contributed by atoms with E-state index < -0.39 is 6.10 Å². The number of ether oxygens (including phenoxy) is 2. The highest BCUT2D eigenvalue weighted by Crippen LogP contribution is 2.37. The molecule has 1 saturated heterocycles. The van der Waals surface area contributed by atoms with Gasteiger partial charge >= 0.3 is 0 Å². The fraction of sp³-hybridized carbons (Fsp3) is 0.647. The highest BCUT2D eigenvalue weighted by molar-refractivity contribution is 5.29. The number of benzene rings is 1. The Labute approximate surface area is 127 Å². The summed E-state index contributed by atoms with van der Waals surface area (Å²) in [7, 11) is 1.63. The van der Waals surface area contributed by atoms with E-state index in [4.69, 9.17) is 9.47 Å². The van der Waals surface area contributed by atoms with Crippen LogP contribution in [0.4, 0.5) is 0 Å². The van der Waals surface area contributed by atoms with Crippen molar-refractivity contribution in [2.75, 3.05) is 13.7 Å². The Bertz CT molecular complexity index is 485. The molecule has 118 valence electrons. The van der Waals surface area contributed by atoms with Crippen LogP contribution in [-0.4, -0.2) is 36.0 Å². The Morgan fingerprint density at radius 2 is 2.10 bits per heavy atom. The molecular formula is C17H27NO3. The molecule has 21 heavy (non-hydrogen) atoms. The quantitative estimate of drug-likeness (QED) is 0.876. The van der Waals surface area contributed by atoms with E-state index in [0.717, 1.165) is 17.7 Å². The van der Waals surface area contributed by atoms with E-state index in [1.165, 1.54) is 0 Å². The molecule has 4 nitrogen and oxygen atoms in total. The molecule has 0 radical (unpaired) electrons. The van der Waals surface area contributed by atoms with Crippen LogP contribution in [0.5, 0.6) is 5.75 Å². The van der Waals surface area contributed by atoms with Crippen LogP contribution in [0.2, 0.25) is 0 Å². The third-order valence-corrected chi connectivity index (χ3v) is 4.11. The van der Waals surface area contributed by atoms with Crippen LogP contribution < -0.4 is 10.1 Å². The molecule has 2 atom stereocenters. The second-order valence-electron chi connectivity index (χ2n) is 6.92. The fourth-order valence-electron chi connectivity index (χ4n) is 3.10. The molecule has 0 spiro atoms. The predicted octanol–water partition coefficient (Wildman–Crippen LogP) is 2.66. The van der Waals surface area contributed by atoms with Gasteiger partial charge in [0.15, 0.2) is 0 Å². The molecule has 1 heterocycles. The highest BCUT2D eigenvalue weighted by Gasteiger charge is 2.45. The van der Waals surface area contributed by atoms with Crippen molar-refractivity contribution in [2.24, 2.45) is 0 Å². The fourth-order valence-corrected chi connectivity index (χ4v) is 3.10. The zero-order valence-corrected chi connectivity index (χ0v) is 13.6. The lowest BCUT2D eigenvalue weighted by Crippen LogP contribution is -2.44. The van der Waals surface area contributed by atoms with E-state index in [-0.39, 0.29) is 17.2 Å². The van der Waals surface area contributed by atoms with E-state index in [1.54, 1.807) is 7.11 Å². The van der Waals surface area contributed by atoms with Crippen LogP contribution in [0.25, 0.3) is 0 Å². The average molecular weight is 293 g/mol. The lowest BCUT2D eigenvalue weighted by molar-refractivity contribution is -0.0702. The van der Waals surface area contributed by atoms with Crippen molar-refractivity contribution in [1.82, 2.24) is 5.32 Å². The first-order valence-corrected chi connectivity index (χ1v) is 7.49. The SMILES string of the molecule is COc1cccc([C@@H](O)CN[C@H]2CC(C)(C)OC2(C)C)c1. The summed E-state index contributed by atoms with van der Waals surface area (Å²) in [6.45, 7) is 8.90. The van der Waals surface area contributed by atoms with Gasteiger partial charge in [0.25, 0.3) is 0 Å². The maximum absolute atomic E-state index is 10.3. The van der Waals surface area contributed by atoms with Gasteiger partial charge in [-0.05, 0) is 51.8 Å². The van der Waals surface area contributed by atoms with Crippen molar-refractivity contribution >= 4 is 0 Å². The number of aliphatic hydroxyl groups is 1. The molecule has 1 aromatic rings. The first-order chi connectivity index (χ1) is 9.73. The molecule has 0 aromatic heterocycles. The lowest BCUT2D eigenvalue weighted by atomic mass is 9.94. The van der Waals surface area contributed by atoms with Gasteiger partial charge in [-0.2, -0.15) is 0 Å². The zero-order valence-electron chi connectivity index (χ0n) is 13.6. The highest BCUT2D eigenvalue weighted by atomic mass is 16.5. The molecule has 2 rings (SSSR count). The van der Waals surface area contributed by atoms with E-state index in [0.29, 0.717) is 6.54 Å². The smallest absolute Gasteiger partial charge is 0.119 e. The van der Waals surface area contributed by atoms with Gasteiger partial charge in [-0.3, -0.25) is 0 Å².